The molecule has 1 N–H and O–H groups in total. The lowest BCUT2D eigenvalue weighted by Gasteiger charge is -2.23. The molecule has 0 radical (unpaired) electrons. The number of likely N-dealkylation sites (N-methyl/N-ethyl adjacent to an activating group) is 1. The van der Waals surface area contributed by atoms with Gasteiger partial charge in [-0.1, -0.05) is 41.5 Å². The van der Waals surface area contributed by atoms with Crippen LogP contribution >= 0.6 is 0 Å². The second kappa shape index (κ2) is 7.18. The fraction of sp³-hybridized carbons (Fsp3) is 0.706. The average Bonchev–Trinajstić information content (AvgIpc) is 2.89. The summed E-state index contributed by atoms with van der Waals surface area (Å²) in [5, 5.41) is 3.07. The van der Waals surface area contributed by atoms with Gasteiger partial charge in [0.25, 0.3) is 0 Å². The SMILES string of the molecule is CCNCC(=O)C(C)(C)CCn1cnc(C(=O)C(C)(C)C)c1. The maximum absolute atomic E-state index is 12.2. The average molecular weight is 307 g/mol. The summed E-state index contributed by atoms with van der Waals surface area (Å²) in [4.78, 5) is 28.5. The highest BCUT2D eigenvalue weighted by Crippen LogP contribution is 2.23. The van der Waals surface area contributed by atoms with E-state index in [9.17, 15) is 9.59 Å². The van der Waals surface area contributed by atoms with Gasteiger partial charge in [0.1, 0.15) is 5.69 Å². The molecular weight excluding hydrogens is 278 g/mol. The van der Waals surface area contributed by atoms with E-state index in [0.717, 1.165) is 13.0 Å². The molecule has 0 fully saturated rings. The molecule has 0 aliphatic heterocycles. The first-order valence-electron chi connectivity index (χ1n) is 7.88. The monoisotopic (exact) mass is 307 g/mol. The van der Waals surface area contributed by atoms with Crippen LogP contribution < -0.4 is 5.32 Å². The lowest BCUT2D eigenvalue weighted by Crippen LogP contribution is -2.34. The molecule has 1 heterocycles. The number of carbonyl (C=O) groups is 2. The van der Waals surface area contributed by atoms with Crippen LogP contribution in [0.3, 0.4) is 0 Å². The lowest BCUT2D eigenvalue weighted by atomic mass is 9.84. The van der Waals surface area contributed by atoms with Gasteiger partial charge in [0, 0.05) is 23.6 Å². The molecule has 0 atom stereocenters. The van der Waals surface area contributed by atoms with E-state index in [-0.39, 0.29) is 17.0 Å². The Bertz CT molecular complexity index is 524. The molecule has 1 rings (SSSR count). The van der Waals surface area contributed by atoms with Crippen molar-refractivity contribution in [3.8, 4) is 0 Å². The summed E-state index contributed by atoms with van der Waals surface area (Å²) in [7, 11) is 0. The Morgan fingerprint density at radius 2 is 1.86 bits per heavy atom. The fourth-order valence-electron chi connectivity index (χ4n) is 2.01. The summed E-state index contributed by atoms with van der Waals surface area (Å²) in [5.41, 5.74) is -0.328. The van der Waals surface area contributed by atoms with Gasteiger partial charge >= 0.3 is 0 Å². The number of hydrogen-bond donors (Lipinski definition) is 1. The van der Waals surface area contributed by atoms with Crippen molar-refractivity contribution in [1.29, 1.82) is 0 Å². The molecule has 0 bridgehead atoms. The fourth-order valence-corrected chi connectivity index (χ4v) is 2.01. The third-order valence-corrected chi connectivity index (χ3v) is 3.83. The number of hydrogen-bond acceptors (Lipinski definition) is 4. The van der Waals surface area contributed by atoms with Gasteiger partial charge < -0.3 is 9.88 Å². The molecule has 0 aromatic carbocycles. The Labute approximate surface area is 133 Å². The van der Waals surface area contributed by atoms with Gasteiger partial charge in [0.2, 0.25) is 0 Å². The van der Waals surface area contributed by atoms with E-state index < -0.39 is 5.41 Å². The molecule has 5 heteroatoms. The summed E-state index contributed by atoms with van der Waals surface area (Å²) in [5.74, 6) is 0.245. The molecule has 0 aliphatic rings. The van der Waals surface area contributed by atoms with E-state index in [2.05, 4.69) is 10.3 Å². The number of nitrogens with one attached hydrogen (secondary N) is 1. The first kappa shape index (κ1) is 18.6. The van der Waals surface area contributed by atoms with Gasteiger partial charge in [-0.3, -0.25) is 9.59 Å². The summed E-state index contributed by atoms with van der Waals surface area (Å²) in [6.45, 7) is 13.4. The van der Waals surface area contributed by atoms with Crippen LogP contribution in [0.1, 0.15) is 58.5 Å². The minimum absolute atomic E-state index is 0.0359. The Morgan fingerprint density at radius 1 is 1.23 bits per heavy atom. The lowest BCUT2D eigenvalue weighted by molar-refractivity contribution is -0.126. The summed E-state index contributed by atoms with van der Waals surface area (Å²) in [6, 6.07) is 0. The number of ketones is 2. The van der Waals surface area contributed by atoms with Crippen molar-refractivity contribution in [2.24, 2.45) is 10.8 Å². The summed E-state index contributed by atoms with van der Waals surface area (Å²) >= 11 is 0. The zero-order chi connectivity index (χ0) is 17.0. The number of rotatable bonds is 8. The van der Waals surface area contributed by atoms with Crippen molar-refractivity contribution in [3.63, 3.8) is 0 Å². The number of nitrogens with zero attached hydrogens (tertiary/aromatic N) is 2. The van der Waals surface area contributed by atoms with Crippen molar-refractivity contribution in [3.05, 3.63) is 18.2 Å². The first-order chi connectivity index (χ1) is 10.1. The molecule has 0 aliphatic carbocycles. The molecule has 5 nitrogen and oxygen atoms in total. The molecule has 1 aromatic rings. The van der Waals surface area contributed by atoms with Crippen LogP contribution in [-0.4, -0.2) is 34.2 Å². The molecule has 0 saturated heterocycles. The second-order valence-electron chi connectivity index (χ2n) is 7.41. The number of Topliss-reactive ketones (excluding diaryl/α,β-unsaturated/α-hetero) is 2. The highest BCUT2D eigenvalue weighted by molar-refractivity contribution is 5.97. The maximum Gasteiger partial charge on any atom is 0.188 e. The van der Waals surface area contributed by atoms with Gasteiger partial charge in [0.05, 0.1) is 12.9 Å². The molecule has 124 valence electrons. The predicted octanol–water partition coefficient (Wildman–Crippen LogP) is 2.71. The van der Waals surface area contributed by atoms with E-state index in [1.165, 1.54) is 0 Å². The van der Waals surface area contributed by atoms with Gasteiger partial charge in [-0.05, 0) is 13.0 Å². The normalized spacial score (nSPS) is 12.5. The molecule has 0 amide bonds. The Hall–Kier alpha value is -1.49. The summed E-state index contributed by atoms with van der Waals surface area (Å²) < 4.78 is 1.89. The quantitative estimate of drug-likeness (QED) is 0.750. The van der Waals surface area contributed by atoms with E-state index >= 15 is 0 Å². The van der Waals surface area contributed by atoms with Gasteiger partial charge in [-0.15, -0.1) is 0 Å². The van der Waals surface area contributed by atoms with Gasteiger partial charge in [-0.2, -0.15) is 0 Å². The predicted molar refractivity (Wildman–Crippen MR) is 88.0 cm³/mol. The van der Waals surface area contributed by atoms with Crippen molar-refractivity contribution >= 4 is 11.6 Å². The van der Waals surface area contributed by atoms with Crippen molar-refractivity contribution < 1.29 is 9.59 Å². The maximum atomic E-state index is 12.2. The van der Waals surface area contributed by atoms with Crippen LogP contribution in [-0.2, 0) is 11.3 Å². The number of carbonyl (C=O) groups excluding carboxylic acids is 2. The number of aromatic nitrogens is 2. The highest BCUT2D eigenvalue weighted by atomic mass is 16.1. The Kier molecular flexibility index (Phi) is 6.06. The van der Waals surface area contributed by atoms with Gasteiger partial charge in [-0.25, -0.2) is 4.98 Å². The zero-order valence-electron chi connectivity index (χ0n) is 14.7. The molecule has 1 aromatic heterocycles. The van der Waals surface area contributed by atoms with Crippen molar-refractivity contribution in [1.82, 2.24) is 14.9 Å². The van der Waals surface area contributed by atoms with Crippen LogP contribution in [0.15, 0.2) is 12.5 Å². The van der Waals surface area contributed by atoms with E-state index in [0.29, 0.717) is 18.8 Å². The van der Waals surface area contributed by atoms with Crippen LogP contribution in [0.25, 0.3) is 0 Å². The second-order valence-corrected chi connectivity index (χ2v) is 7.41. The van der Waals surface area contributed by atoms with Crippen LogP contribution in [0, 0.1) is 10.8 Å². The zero-order valence-corrected chi connectivity index (χ0v) is 14.7. The molecule has 22 heavy (non-hydrogen) atoms. The first-order valence-corrected chi connectivity index (χ1v) is 7.88. The van der Waals surface area contributed by atoms with Crippen LogP contribution in [0.5, 0.6) is 0 Å². The number of imidazole rings is 1. The largest absolute Gasteiger partial charge is 0.337 e. The third-order valence-electron chi connectivity index (χ3n) is 3.83. The Morgan fingerprint density at radius 3 is 2.41 bits per heavy atom. The van der Waals surface area contributed by atoms with Crippen molar-refractivity contribution in [2.45, 2.75) is 54.5 Å². The van der Waals surface area contributed by atoms with Crippen LogP contribution in [0.4, 0.5) is 0 Å². The number of aryl methyl sites for hydroxylation is 1. The molecule has 0 saturated carbocycles. The van der Waals surface area contributed by atoms with Crippen molar-refractivity contribution in [2.75, 3.05) is 13.1 Å². The topological polar surface area (TPSA) is 64.0 Å². The van der Waals surface area contributed by atoms with E-state index in [1.54, 1.807) is 12.5 Å². The smallest absolute Gasteiger partial charge is 0.188 e. The standard InChI is InChI=1S/C17H29N3O2/c1-7-18-10-14(21)17(5,6)8-9-20-11-13(19-12-20)15(22)16(2,3)4/h11-12,18H,7-10H2,1-6H3. The van der Waals surface area contributed by atoms with E-state index in [4.69, 9.17) is 0 Å². The third kappa shape index (κ3) is 5.05. The molecule has 0 unspecified atom stereocenters. The molecular formula is C17H29N3O2. The summed E-state index contributed by atoms with van der Waals surface area (Å²) in [6.07, 6.45) is 4.17. The molecule has 0 spiro atoms. The van der Waals surface area contributed by atoms with Gasteiger partial charge in [0.15, 0.2) is 11.6 Å². The highest BCUT2D eigenvalue weighted by Gasteiger charge is 2.27. The van der Waals surface area contributed by atoms with E-state index in [1.807, 2.05) is 46.1 Å². The minimum atomic E-state index is -0.430. The Balaban J connectivity index is 2.64. The van der Waals surface area contributed by atoms with Crippen LogP contribution in [0.2, 0.25) is 0 Å². The minimum Gasteiger partial charge on any atom is -0.337 e.